The molecule has 0 saturated heterocycles. The summed E-state index contributed by atoms with van der Waals surface area (Å²) < 4.78 is 34.4. The quantitative estimate of drug-likeness (QED) is 0.0195. The third-order valence-corrected chi connectivity index (χ3v) is 18.4. The number of phosphoric ester groups is 1. The van der Waals surface area contributed by atoms with E-state index in [0.717, 1.165) is 38.5 Å². The van der Waals surface area contributed by atoms with Crippen LogP contribution in [0.25, 0.3) is 0 Å². The Morgan fingerprint density at radius 2 is 0.628 bits per heavy atom. The summed E-state index contributed by atoms with van der Waals surface area (Å²) in [5.74, 6) is -0.807. The molecule has 0 aromatic rings. The van der Waals surface area contributed by atoms with Gasteiger partial charge < -0.3 is 27.9 Å². The first-order valence-corrected chi connectivity index (χ1v) is 39.5. The van der Waals surface area contributed by atoms with E-state index in [0.29, 0.717) is 17.4 Å². The van der Waals surface area contributed by atoms with Crippen LogP contribution in [0, 0.1) is 0 Å². The van der Waals surface area contributed by atoms with Crippen LogP contribution in [0.4, 0.5) is 0 Å². The Morgan fingerprint density at radius 1 is 0.360 bits per heavy atom. The molecule has 0 aliphatic heterocycles. The first-order chi connectivity index (χ1) is 42.0. The minimum Gasteiger partial charge on any atom is -0.756 e. The zero-order valence-electron chi connectivity index (χ0n) is 58.3. The number of hydrogen-bond donors (Lipinski definition) is 0. The SMILES string of the molecule is CCCCCCC/C=C\C/C=C\CCCCCCCCCCCCCCCCCCCC(=O)OC(COC(=O)CCCCCCCCCCCCCCCCCCCCCCCCCCCCCCCCCCC)COP(=O)([O-])OCC[N+](C)(C)C. The standard InChI is InChI=1S/C76H148NO8P/c1-6-8-10-12-14-16-18-20-22-24-26-28-30-32-34-36-37-38-39-41-42-44-46-48-50-52-54-56-58-60-62-64-66-68-75(78)82-72-74(73-84-86(80,81)83-71-70-77(3,4)5)85-76(79)69-67-65-63-61-59-57-55-53-51-49-47-45-43-40-35-33-31-29-27-25-23-21-19-17-15-13-11-9-7-2/h19,21,25,27,74H,6-18,20,22-24,26,28-73H2,1-5H3/b21-19-,27-25-. The molecule has 0 aliphatic carbocycles. The number of phosphoric acid groups is 1. The van der Waals surface area contributed by atoms with E-state index in [1.54, 1.807) is 0 Å². The van der Waals surface area contributed by atoms with Crippen LogP contribution >= 0.6 is 7.82 Å². The predicted octanol–water partition coefficient (Wildman–Crippen LogP) is 24.2. The normalized spacial score (nSPS) is 13.1. The molecule has 0 N–H and O–H groups in total. The fourth-order valence-corrected chi connectivity index (χ4v) is 12.4. The molecule has 9 nitrogen and oxygen atoms in total. The van der Waals surface area contributed by atoms with Gasteiger partial charge in [-0.05, 0) is 44.9 Å². The summed E-state index contributed by atoms with van der Waals surface area (Å²) in [6.45, 7) is 4.32. The molecule has 510 valence electrons. The van der Waals surface area contributed by atoms with E-state index in [1.165, 1.54) is 327 Å². The lowest BCUT2D eigenvalue weighted by Gasteiger charge is -2.28. The van der Waals surface area contributed by atoms with Crippen molar-refractivity contribution in [2.24, 2.45) is 0 Å². The van der Waals surface area contributed by atoms with E-state index in [9.17, 15) is 19.0 Å². The largest absolute Gasteiger partial charge is 0.756 e. The zero-order valence-corrected chi connectivity index (χ0v) is 59.2. The minimum atomic E-state index is -4.64. The van der Waals surface area contributed by atoms with Crippen molar-refractivity contribution in [3.63, 3.8) is 0 Å². The van der Waals surface area contributed by atoms with Crippen LogP contribution in [0.3, 0.4) is 0 Å². The summed E-state index contributed by atoms with van der Waals surface area (Å²) in [7, 11) is 1.19. The van der Waals surface area contributed by atoms with Gasteiger partial charge in [-0.1, -0.05) is 366 Å². The number of carbonyl (C=O) groups is 2. The number of hydrogen-bond acceptors (Lipinski definition) is 8. The summed E-state index contributed by atoms with van der Waals surface area (Å²) in [5, 5.41) is 0. The van der Waals surface area contributed by atoms with Gasteiger partial charge in [-0.15, -0.1) is 0 Å². The van der Waals surface area contributed by atoms with Gasteiger partial charge in [-0.3, -0.25) is 14.2 Å². The fourth-order valence-electron chi connectivity index (χ4n) is 11.6. The van der Waals surface area contributed by atoms with Crippen LogP contribution < -0.4 is 4.89 Å². The molecule has 0 aromatic carbocycles. The van der Waals surface area contributed by atoms with Crippen LogP contribution in [0.15, 0.2) is 24.3 Å². The molecular formula is C76H148NO8P. The van der Waals surface area contributed by atoms with Gasteiger partial charge in [0.15, 0.2) is 6.10 Å². The molecule has 0 saturated carbocycles. The van der Waals surface area contributed by atoms with Gasteiger partial charge in [0.05, 0.1) is 27.7 Å². The van der Waals surface area contributed by atoms with E-state index in [2.05, 4.69) is 38.2 Å². The number of nitrogens with zero attached hydrogens (tertiary/aromatic N) is 1. The second kappa shape index (κ2) is 67.9. The smallest absolute Gasteiger partial charge is 0.306 e. The Bertz CT molecular complexity index is 1500. The van der Waals surface area contributed by atoms with Gasteiger partial charge >= 0.3 is 11.9 Å². The average molecular weight is 1230 g/mol. The van der Waals surface area contributed by atoms with E-state index in [4.69, 9.17) is 18.5 Å². The Labute approximate surface area is 536 Å². The van der Waals surface area contributed by atoms with Gasteiger partial charge in [0.2, 0.25) is 0 Å². The van der Waals surface area contributed by atoms with Crippen molar-refractivity contribution in [2.45, 2.75) is 405 Å². The predicted molar refractivity (Wildman–Crippen MR) is 370 cm³/mol. The summed E-state index contributed by atoms with van der Waals surface area (Å²) in [6.07, 6.45) is 85.8. The average Bonchev–Trinajstić information content (AvgIpc) is 3.67. The first-order valence-electron chi connectivity index (χ1n) is 38.0. The number of rotatable bonds is 72. The van der Waals surface area contributed by atoms with Crippen LogP contribution in [-0.2, 0) is 32.7 Å². The maximum absolute atomic E-state index is 12.9. The van der Waals surface area contributed by atoms with Crippen LogP contribution in [-0.4, -0.2) is 70.0 Å². The molecule has 0 amide bonds. The molecule has 0 spiro atoms. The molecule has 2 unspecified atom stereocenters. The Balaban J connectivity index is 3.93. The second-order valence-corrected chi connectivity index (χ2v) is 28.8. The maximum atomic E-state index is 12.9. The van der Waals surface area contributed by atoms with Crippen LogP contribution in [0.1, 0.15) is 399 Å². The molecule has 0 aromatic heterocycles. The number of esters is 2. The summed E-state index contributed by atoms with van der Waals surface area (Å²) in [4.78, 5) is 38.1. The van der Waals surface area contributed by atoms with E-state index < -0.39 is 26.5 Å². The highest BCUT2D eigenvalue weighted by Crippen LogP contribution is 2.38. The van der Waals surface area contributed by atoms with Crippen molar-refractivity contribution in [3.8, 4) is 0 Å². The van der Waals surface area contributed by atoms with E-state index in [1.807, 2.05) is 21.1 Å². The van der Waals surface area contributed by atoms with Crippen molar-refractivity contribution < 1.29 is 42.1 Å². The highest BCUT2D eigenvalue weighted by Gasteiger charge is 2.22. The number of ether oxygens (including phenoxy) is 2. The Morgan fingerprint density at radius 3 is 0.919 bits per heavy atom. The number of likely N-dealkylation sites (N-methyl/N-ethyl adjacent to an activating group) is 1. The summed E-state index contributed by atoms with van der Waals surface area (Å²) in [5.41, 5.74) is 0. The third kappa shape index (κ3) is 71.6. The molecule has 0 heterocycles. The molecule has 0 bridgehead atoms. The highest BCUT2D eigenvalue weighted by atomic mass is 31.2. The molecule has 10 heteroatoms. The van der Waals surface area contributed by atoms with Gasteiger partial charge in [0.25, 0.3) is 7.82 Å². The number of allylic oxidation sites excluding steroid dienone is 4. The van der Waals surface area contributed by atoms with E-state index >= 15 is 0 Å². The van der Waals surface area contributed by atoms with Crippen molar-refractivity contribution in [1.29, 1.82) is 0 Å². The molecule has 0 rings (SSSR count). The van der Waals surface area contributed by atoms with Gasteiger partial charge in [-0.25, -0.2) is 0 Å². The zero-order chi connectivity index (χ0) is 62.6. The first kappa shape index (κ1) is 84.5. The molecule has 0 radical (unpaired) electrons. The van der Waals surface area contributed by atoms with Crippen LogP contribution in [0.5, 0.6) is 0 Å². The summed E-state index contributed by atoms with van der Waals surface area (Å²) in [6, 6.07) is 0. The van der Waals surface area contributed by atoms with Crippen molar-refractivity contribution in [2.75, 3.05) is 47.5 Å². The lowest BCUT2D eigenvalue weighted by Crippen LogP contribution is -2.37. The summed E-state index contributed by atoms with van der Waals surface area (Å²) >= 11 is 0. The lowest BCUT2D eigenvalue weighted by atomic mass is 10.0. The van der Waals surface area contributed by atoms with Crippen LogP contribution in [0.2, 0.25) is 0 Å². The monoisotopic (exact) mass is 1230 g/mol. The highest BCUT2D eigenvalue weighted by molar-refractivity contribution is 7.45. The molecule has 2 atom stereocenters. The van der Waals surface area contributed by atoms with Crippen molar-refractivity contribution >= 4 is 19.8 Å². The lowest BCUT2D eigenvalue weighted by molar-refractivity contribution is -0.870. The molecule has 0 fully saturated rings. The third-order valence-electron chi connectivity index (χ3n) is 17.5. The molecular weight excluding hydrogens is 1090 g/mol. The van der Waals surface area contributed by atoms with Crippen molar-refractivity contribution in [1.82, 2.24) is 0 Å². The number of quaternary nitrogens is 1. The Hall–Kier alpha value is -1.51. The van der Waals surface area contributed by atoms with Crippen molar-refractivity contribution in [3.05, 3.63) is 24.3 Å². The maximum Gasteiger partial charge on any atom is 0.306 e. The number of carbonyl (C=O) groups excluding carboxylic acids is 2. The van der Waals surface area contributed by atoms with Gasteiger partial charge in [-0.2, -0.15) is 0 Å². The molecule has 0 aliphatic rings. The van der Waals surface area contributed by atoms with Gasteiger partial charge in [0.1, 0.15) is 19.8 Å². The fraction of sp³-hybridized carbons (Fsp3) is 0.921. The van der Waals surface area contributed by atoms with Gasteiger partial charge in [0, 0.05) is 12.8 Å². The topological polar surface area (TPSA) is 111 Å². The Kier molecular flexibility index (Phi) is 66.7. The minimum absolute atomic E-state index is 0.0269. The molecule has 86 heavy (non-hydrogen) atoms. The number of unbranched alkanes of at least 4 members (excludes halogenated alkanes) is 54. The second-order valence-electron chi connectivity index (χ2n) is 27.4. The van der Waals surface area contributed by atoms with E-state index in [-0.39, 0.29) is 32.0 Å².